The number of hydrogen-bond acceptors (Lipinski definition) is 3. The molecule has 1 aliphatic rings. The van der Waals surface area contributed by atoms with Crippen molar-refractivity contribution in [3.63, 3.8) is 0 Å². The zero-order valence-electron chi connectivity index (χ0n) is 11.8. The van der Waals surface area contributed by atoms with E-state index in [1.54, 1.807) is 4.90 Å². The largest absolute Gasteiger partial charge is 0.480 e. The first-order chi connectivity index (χ1) is 8.86. The van der Waals surface area contributed by atoms with Crippen LogP contribution in [0.1, 0.15) is 33.6 Å². The highest BCUT2D eigenvalue weighted by Gasteiger charge is 2.33. The third-order valence-corrected chi connectivity index (χ3v) is 3.87. The fraction of sp³-hybridized carbons (Fsp3) is 0.846. The number of aliphatic carboxylic acids is 1. The van der Waals surface area contributed by atoms with Gasteiger partial charge in [0.25, 0.3) is 0 Å². The number of aliphatic hydroxyl groups is 1. The SMILES string of the molecule is CC1CC(C)C(C)N(C(=O)N[C@H](CCO)C(=O)O)C1. The van der Waals surface area contributed by atoms with Crippen molar-refractivity contribution in [3.05, 3.63) is 0 Å². The Morgan fingerprint density at radius 1 is 1.37 bits per heavy atom. The summed E-state index contributed by atoms with van der Waals surface area (Å²) in [4.78, 5) is 24.8. The summed E-state index contributed by atoms with van der Waals surface area (Å²) >= 11 is 0. The number of carboxylic acids is 1. The lowest BCUT2D eigenvalue weighted by molar-refractivity contribution is -0.139. The highest BCUT2D eigenvalue weighted by Crippen LogP contribution is 2.26. The van der Waals surface area contributed by atoms with Gasteiger partial charge in [0.15, 0.2) is 0 Å². The molecule has 3 N–H and O–H groups in total. The molecule has 1 aliphatic heterocycles. The summed E-state index contributed by atoms with van der Waals surface area (Å²) in [5, 5.41) is 20.3. The summed E-state index contributed by atoms with van der Waals surface area (Å²) < 4.78 is 0. The van der Waals surface area contributed by atoms with E-state index in [4.69, 9.17) is 10.2 Å². The number of piperidine rings is 1. The van der Waals surface area contributed by atoms with E-state index in [0.29, 0.717) is 18.4 Å². The molecular formula is C13H24N2O4. The van der Waals surface area contributed by atoms with Crippen molar-refractivity contribution in [3.8, 4) is 0 Å². The van der Waals surface area contributed by atoms with Crippen LogP contribution >= 0.6 is 0 Å². The molecule has 2 amide bonds. The number of rotatable bonds is 4. The van der Waals surface area contributed by atoms with Crippen molar-refractivity contribution in [2.75, 3.05) is 13.2 Å². The predicted octanol–water partition coefficient (Wildman–Crippen LogP) is 0.898. The van der Waals surface area contributed by atoms with Gasteiger partial charge in [0.05, 0.1) is 0 Å². The number of carboxylic acid groups (broad SMARTS) is 1. The van der Waals surface area contributed by atoms with Crippen LogP contribution in [0.15, 0.2) is 0 Å². The van der Waals surface area contributed by atoms with Crippen LogP contribution in [0.3, 0.4) is 0 Å². The molecule has 110 valence electrons. The Morgan fingerprint density at radius 3 is 2.53 bits per heavy atom. The van der Waals surface area contributed by atoms with Gasteiger partial charge in [-0.25, -0.2) is 9.59 Å². The van der Waals surface area contributed by atoms with Crippen LogP contribution in [-0.4, -0.2) is 52.3 Å². The van der Waals surface area contributed by atoms with E-state index in [1.807, 2.05) is 6.92 Å². The highest BCUT2D eigenvalue weighted by atomic mass is 16.4. The van der Waals surface area contributed by atoms with Gasteiger partial charge >= 0.3 is 12.0 Å². The van der Waals surface area contributed by atoms with Gasteiger partial charge < -0.3 is 20.4 Å². The Balaban J connectivity index is 2.67. The average molecular weight is 272 g/mol. The minimum absolute atomic E-state index is 0.0222. The van der Waals surface area contributed by atoms with Crippen molar-refractivity contribution >= 4 is 12.0 Å². The van der Waals surface area contributed by atoms with Gasteiger partial charge in [-0.15, -0.1) is 0 Å². The molecule has 0 aromatic rings. The van der Waals surface area contributed by atoms with Gasteiger partial charge in [0.1, 0.15) is 6.04 Å². The van der Waals surface area contributed by atoms with Gasteiger partial charge in [-0.05, 0) is 25.2 Å². The first-order valence-electron chi connectivity index (χ1n) is 6.77. The van der Waals surface area contributed by atoms with Crippen LogP contribution in [0, 0.1) is 11.8 Å². The molecule has 1 saturated heterocycles. The van der Waals surface area contributed by atoms with Crippen molar-refractivity contribution in [2.45, 2.75) is 45.7 Å². The van der Waals surface area contributed by atoms with E-state index in [9.17, 15) is 9.59 Å². The highest BCUT2D eigenvalue weighted by molar-refractivity contribution is 5.82. The van der Waals surface area contributed by atoms with E-state index < -0.39 is 12.0 Å². The number of urea groups is 1. The van der Waals surface area contributed by atoms with Crippen molar-refractivity contribution in [1.29, 1.82) is 0 Å². The van der Waals surface area contributed by atoms with Crippen molar-refractivity contribution in [2.24, 2.45) is 11.8 Å². The van der Waals surface area contributed by atoms with E-state index >= 15 is 0 Å². The van der Waals surface area contributed by atoms with Gasteiger partial charge in [-0.1, -0.05) is 13.8 Å². The smallest absolute Gasteiger partial charge is 0.326 e. The number of aliphatic hydroxyl groups excluding tert-OH is 1. The Hall–Kier alpha value is -1.30. The Labute approximate surface area is 113 Å². The summed E-state index contributed by atoms with van der Waals surface area (Å²) in [6, 6.07) is -1.29. The second kappa shape index (κ2) is 6.75. The van der Waals surface area contributed by atoms with Crippen LogP contribution in [0.2, 0.25) is 0 Å². The number of nitrogens with one attached hydrogen (secondary N) is 1. The summed E-state index contributed by atoms with van der Waals surface area (Å²) in [5.74, 6) is -0.304. The monoisotopic (exact) mass is 272 g/mol. The molecular weight excluding hydrogens is 248 g/mol. The minimum Gasteiger partial charge on any atom is -0.480 e. The third kappa shape index (κ3) is 4.09. The number of amides is 2. The van der Waals surface area contributed by atoms with E-state index in [0.717, 1.165) is 6.42 Å². The number of carbonyl (C=O) groups is 2. The zero-order valence-corrected chi connectivity index (χ0v) is 11.8. The molecule has 0 aliphatic carbocycles. The zero-order chi connectivity index (χ0) is 14.6. The van der Waals surface area contributed by atoms with E-state index in [1.165, 1.54) is 0 Å². The molecule has 1 fully saturated rings. The number of carbonyl (C=O) groups excluding carboxylic acids is 1. The van der Waals surface area contributed by atoms with Gasteiger partial charge in [0.2, 0.25) is 0 Å². The Kier molecular flexibility index (Phi) is 5.60. The van der Waals surface area contributed by atoms with Crippen LogP contribution in [0.5, 0.6) is 0 Å². The number of likely N-dealkylation sites (tertiary alicyclic amines) is 1. The van der Waals surface area contributed by atoms with Crippen LogP contribution in [-0.2, 0) is 4.79 Å². The molecule has 0 aromatic carbocycles. The predicted molar refractivity (Wildman–Crippen MR) is 70.8 cm³/mol. The van der Waals surface area contributed by atoms with Crippen LogP contribution < -0.4 is 5.32 Å². The molecule has 6 heteroatoms. The molecule has 0 saturated carbocycles. The summed E-state index contributed by atoms with van der Waals surface area (Å²) in [6.45, 7) is 6.55. The molecule has 19 heavy (non-hydrogen) atoms. The molecule has 0 spiro atoms. The van der Waals surface area contributed by atoms with Crippen LogP contribution in [0.25, 0.3) is 0 Å². The summed E-state index contributed by atoms with van der Waals surface area (Å²) in [7, 11) is 0. The first-order valence-corrected chi connectivity index (χ1v) is 6.77. The maximum atomic E-state index is 12.2. The molecule has 0 bridgehead atoms. The molecule has 4 atom stereocenters. The van der Waals surface area contributed by atoms with Crippen LogP contribution in [0.4, 0.5) is 4.79 Å². The lowest BCUT2D eigenvalue weighted by Gasteiger charge is -2.41. The average Bonchev–Trinajstić information content (AvgIpc) is 2.32. The molecule has 3 unspecified atom stereocenters. The first kappa shape index (κ1) is 15.8. The summed E-state index contributed by atoms with van der Waals surface area (Å²) in [6.07, 6.45) is 1.10. The molecule has 0 aromatic heterocycles. The molecule has 1 heterocycles. The van der Waals surface area contributed by atoms with Gasteiger partial charge in [-0.3, -0.25) is 0 Å². The standard InChI is InChI=1S/C13H24N2O4/c1-8-6-9(2)10(3)15(7-8)13(19)14-11(4-5-16)12(17)18/h8-11,16H,4-7H2,1-3H3,(H,14,19)(H,17,18)/t8?,9?,10?,11-/m1/s1. The fourth-order valence-electron chi connectivity index (χ4n) is 2.60. The fourth-order valence-corrected chi connectivity index (χ4v) is 2.60. The second-order valence-electron chi connectivity index (χ2n) is 5.56. The second-order valence-corrected chi connectivity index (χ2v) is 5.56. The number of nitrogens with zero attached hydrogens (tertiary/aromatic N) is 1. The normalized spacial score (nSPS) is 28.8. The maximum absolute atomic E-state index is 12.2. The minimum atomic E-state index is -1.12. The topological polar surface area (TPSA) is 89.9 Å². The molecule has 6 nitrogen and oxygen atoms in total. The van der Waals surface area contributed by atoms with E-state index in [-0.39, 0.29) is 25.1 Å². The van der Waals surface area contributed by atoms with Crippen molar-refractivity contribution < 1.29 is 19.8 Å². The van der Waals surface area contributed by atoms with E-state index in [2.05, 4.69) is 19.2 Å². The molecule has 0 radical (unpaired) electrons. The number of hydrogen-bond donors (Lipinski definition) is 3. The quantitative estimate of drug-likeness (QED) is 0.709. The third-order valence-electron chi connectivity index (χ3n) is 3.87. The van der Waals surface area contributed by atoms with Crippen molar-refractivity contribution in [1.82, 2.24) is 10.2 Å². The Morgan fingerprint density at radius 2 is 2.00 bits per heavy atom. The Bertz CT molecular complexity index is 335. The lowest BCUT2D eigenvalue weighted by atomic mass is 9.86. The molecule has 1 rings (SSSR count). The lowest BCUT2D eigenvalue weighted by Crippen LogP contribution is -2.55. The van der Waals surface area contributed by atoms with Gasteiger partial charge in [-0.2, -0.15) is 0 Å². The summed E-state index contributed by atoms with van der Waals surface area (Å²) in [5.41, 5.74) is 0. The van der Waals surface area contributed by atoms with Gasteiger partial charge in [0, 0.05) is 25.6 Å². The maximum Gasteiger partial charge on any atom is 0.326 e.